The molecule has 0 radical (unpaired) electrons. The molecule has 0 spiro atoms. The number of nitrogens with two attached hydrogens (primary N) is 1. The molecule has 0 unspecified atom stereocenters. The van der Waals surface area contributed by atoms with E-state index in [1.54, 1.807) is 0 Å². The highest BCUT2D eigenvalue weighted by atomic mass is 16.4. The second-order valence-corrected chi connectivity index (χ2v) is 7.06. The molecule has 1 aromatic carbocycles. The summed E-state index contributed by atoms with van der Waals surface area (Å²) in [7, 11) is 0. The summed E-state index contributed by atoms with van der Waals surface area (Å²) in [5, 5.41) is 22.0. The van der Waals surface area contributed by atoms with Gasteiger partial charge in [-0.15, -0.1) is 0 Å². The van der Waals surface area contributed by atoms with Crippen LogP contribution < -0.4 is 11.1 Å². The zero-order valence-electron chi connectivity index (χ0n) is 21.2. The van der Waals surface area contributed by atoms with Crippen molar-refractivity contribution in [3.63, 3.8) is 0 Å². The summed E-state index contributed by atoms with van der Waals surface area (Å²) in [4.78, 5) is 37.9. The van der Waals surface area contributed by atoms with Gasteiger partial charge in [0.2, 0.25) is 5.91 Å². The average Bonchev–Trinajstić information content (AvgIpc) is 3.29. The van der Waals surface area contributed by atoms with Gasteiger partial charge in [0, 0.05) is 6.54 Å². The van der Waals surface area contributed by atoms with E-state index in [0.29, 0.717) is 32.2 Å². The third kappa shape index (κ3) is 6.83. The van der Waals surface area contributed by atoms with Crippen LogP contribution in [0.4, 0.5) is 0 Å². The van der Waals surface area contributed by atoms with Crippen LogP contribution in [0.5, 0.6) is 0 Å². The van der Waals surface area contributed by atoms with E-state index in [0.717, 1.165) is 0 Å². The van der Waals surface area contributed by atoms with E-state index in [1.807, 2.05) is 0 Å². The molecule has 1 aliphatic heterocycles. The van der Waals surface area contributed by atoms with Gasteiger partial charge >= 0.3 is 11.9 Å². The zero-order valence-corrected chi connectivity index (χ0v) is 16.2. The molecule has 5 N–H and O–H groups in total. The molecule has 1 heterocycles. The van der Waals surface area contributed by atoms with Crippen molar-refractivity contribution in [2.24, 2.45) is 5.73 Å². The number of carboxylic acids is 2. The number of benzene rings is 1. The normalized spacial score (nSPS) is 20.8. The predicted octanol–water partition coefficient (Wildman–Crippen LogP) is 1.24. The van der Waals surface area contributed by atoms with Crippen LogP contribution in [0.1, 0.15) is 50.9 Å². The van der Waals surface area contributed by atoms with Crippen LogP contribution in [0.25, 0.3) is 0 Å². The minimum atomic E-state index is -1.26. The maximum Gasteiger partial charge on any atom is 0.326 e. The molecule has 0 aliphatic carbocycles. The maximum atomic E-state index is 13.2. The number of unbranched alkanes of at least 4 members (excludes halogenated alkanes) is 1. The van der Waals surface area contributed by atoms with Crippen molar-refractivity contribution in [3.8, 4) is 0 Å². The lowest BCUT2D eigenvalue weighted by molar-refractivity contribution is -0.149. The van der Waals surface area contributed by atoms with Crippen molar-refractivity contribution < 1.29 is 31.5 Å². The lowest BCUT2D eigenvalue weighted by atomic mass is 10.0. The van der Waals surface area contributed by atoms with Gasteiger partial charge in [0.1, 0.15) is 12.1 Å². The highest BCUT2D eigenvalue weighted by Crippen LogP contribution is 2.20. The van der Waals surface area contributed by atoms with Gasteiger partial charge in [-0.3, -0.25) is 14.9 Å². The highest BCUT2D eigenvalue weighted by Gasteiger charge is 2.38. The third-order valence-corrected chi connectivity index (χ3v) is 5.00. The van der Waals surface area contributed by atoms with Gasteiger partial charge in [-0.2, -0.15) is 0 Å². The predicted molar refractivity (Wildman–Crippen MR) is 108 cm³/mol. The van der Waals surface area contributed by atoms with Crippen molar-refractivity contribution in [3.05, 3.63) is 35.8 Å². The minimum absolute atomic E-state index is 0.00413. The summed E-state index contributed by atoms with van der Waals surface area (Å²) in [6.45, 7) is 0.658. The summed E-state index contributed by atoms with van der Waals surface area (Å²) in [6, 6.07) is -5.49. The molecule has 3 atom stereocenters. The van der Waals surface area contributed by atoms with Crippen LogP contribution in [-0.2, 0) is 20.8 Å². The van der Waals surface area contributed by atoms with Crippen molar-refractivity contribution >= 4 is 17.8 Å². The fourth-order valence-corrected chi connectivity index (χ4v) is 3.47. The Bertz CT molecular complexity index is 904. The molecule has 160 valence electrons. The first-order chi connectivity index (χ1) is 16.0. The van der Waals surface area contributed by atoms with Crippen molar-refractivity contribution in [2.75, 3.05) is 13.1 Å². The fourth-order valence-electron chi connectivity index (χ4n) is 3.47. The van der Waals surface area contributed by atoms with Crippen LogP contribution in [-0.4, -0.2) is 64.2 Å². The van der Waals surface area contributed by atoms with Gasteiger partial charge in [-0.25, -0.2) is 4.79 Å². The molecule has 8 nitrogen and oxygen atoms in total. The Morgan fingerprint density at radius 3 is 2.52 bits per heavy atom. The van der Waals surface area contributed by atoms with Gasteiger partial charge in [0.05, 0.1) is 12.9 Å². The number of nitrogens with zero attached hydrogens (tertiary/aromatic N) is 1. The van der Waals surface area contributed by atoms with E-state index in [2.05, 4.69) is 5.32 Å². The second-order valence-electron chi connectivity index (χ2n) is 7.06. The van der Waals surface area contributed by atoms with Gasteiger partial charge in [0.15, 0.2) is 0 Å². The molecule has 29 heavy (non-hydrogen) atoms. The van der Waals surface area contributed by atoms with Gasteiger partial charge < -0.3 is 20.8 Å². The molecular weight excluding hydrogens is 374 g/mol. The quantitative estimate of drug-likeness (QED) is 0.381. The Labute approximate surface area is 178 Å². The molecule has 2 rings (SSSR count). The largest absolute Gasteiger partial charge is 0.480 e. The number of carbonyl (C=O) groups excluding carboxylic acids is 1. The first-order valence-corrected chi connectivity index (χ1v) is 9.79. The van der Waals surface area contributed by atoms with Crippen molar-refractivity contribution in [2.45, 2.75) is 63.1 Å². The van der Waals surface area contributed by atoms with Crippen molar-refractivity contribution in [1.29, 1.82) is 0 Å². The number of carbonyl (C=O) groups is 3. The molecular formula is C21H31N3O5. The number of likely N-dealkylation sites (tertiary alicyclic amines) is 1. The molecule has 1 amide bonds. The molecule has 8 heteroatoms. The first-order valence-electron chi connectivity index (χ1n) is 12.3. The Hall–Kier alpha value is -2.45. The van der Waals surface area contributed by atoms with Gasteiger partial charge in [0.25, 0.3) is 0 Å². The molecule has 1 saturated heterocycles. The van der Waals surface area contributed by atoms with E-state index in [4.69, 9.17) is 12.6 Å². The standard InChI is InChI=1S/C21H31N3O5/c22-13-5-4-9-16(19(25)24-14-6-10-18(24)21(28)29)23-17(20(26)27)12-11-15-7-2-1-3-8-15/h1-3,7-8,16-18,23H,4-6,9-14,22H2,(H,26,27)(H,28,29)/t16-,17-,18-/m1/s1/i1D,2D,3D,7D,8D. The smallest absolute Gasteiger partial charge is 0.326 e. The summed E-state index contributed by atoms with van der Waals surface area (Å²) >= 11 is 0. The van der Waals surface area contributed by atoms with Crippen LogP contribution in [0.15, 0.2) is 30.2 Å². The third-order valence-electron chi connectivity index (χ3n) is 5.00. The highest BCUT2D eigenvalue weighted by molar-refractivity contribution is 5.88. The van der Waals surface area contributed by atoms with Crippen LogP contribution in [0.2, 0.25) is 0 Å². The van der Waals surface area contributed by atoms with E-state index in [1.165, 1.54) is 4.90 Å². The van der Waals surface area contributed by atoms with Crippen LogP contribution in [0, 0.1) is 0 Å². The van der Waals surface area contributed by atoms with Crippen LogP contribution >= 0.6 is 0 Å². The number of rotatable bonds is 12. The first kappa shape index (κ1) is 16.4. The number of amides is 1. The molecule has 1 fully saturated rings. The number of aliphatic carboxylic acids is 2. The summed E-state index contributed by atoms with van der Waals surface area (Å²) in [5.41, 5.74) is 5.53. The summed E-state index contributed by atoms with van der Waals surface area (Å²) < 4.78 is 39.2. The fraction of sp³-hybridized carbons (Fsp3) is 0.571. The zero-order chi connectivity index (χ0) is 25.6. The Morgan fingerprint density at radius 2 is 1.90 bits per heavy atom. The van der Waals surface area contributed by atoms with E-state index >= 15 is 0 Å². The Kier molecular flexibility index (Phi) is 6.50. The molecule has 0 bridgehead atoms. The number of nitrogens with one attached hydrogen (secondary N) is 1. The molecule has 0 saturated carbocycles. The van der Waals surface area contributed by atoms with Gasteiger partial charge in [-0.05, 0) is 50.6 Å². The lowest BCUT2D eigenvalue weighted by Crippen LogP contribution is -2.54. The number of hydrogen-bond donors (Lipinski definition) is 4. The van der Waals surface area contributed by atoms with Crippen molar-refractivity contribution in [1.82, 2.24) is 10.2 Å². The Balaban J connectivity index is 2.23. The van der Waals surface area contributed by atoms with Crippen LogP contribution in [0.3, 0.4) is 0 Å². The number of hydrogen-bond acceptors (Lipinski definition) is 5. The molecule has 0 aromatic heterocycles. The average molecular weight is 411 g/mol. The molecule has 1 aromatic rings. The topological polar surface area (TPSA) is 133 Å². The minimum Gasteiger partial charge on any atom is -0.480 e. The van der Waals surface area contributed by atoms with Gasteiger partial charge in [-0.1, -0.05) is 36.6 Å². The monoisotopic (exact) mass is 410 g/mol. The maximum absolute atomic E-state index is 13.2. The summed E-state index contributed by atoms with van der Waals surface area (Å²) in [6.07, 6.45) is 2.01. The number of carboxylic acid groups (broad SMARTS) is 2. The molecule has 1 aliphatic rings. The van der Waals surface area contributed by atoms with E-state index < -0.39 is 66.2 Å². The van der Waals surface area contributed by atoms with E-state index in [-0.39, 0.29) is 31.4 Å². The SMILES string of the molecule is [2H]c1c([2H])c([2H])c(CC[C@@H](N[C@H](CCCCN)C(=O)N2CCC[C@@H]2C(=O)O)C(=O)O)c([2H])c1[2H]. The second kappa shape index (κ2) is 11.5. The summed E-state index contributed by atoms with van der Waals surface area (Å²) in [5.74, 6) is -2.86. The van der Waals surface area contributed by atoms with E-state index in [9.17, 15) is 24.6 Å². The lowest BCUT2D eigenvalue weighted by Gasteiger charge is -2.29. The Morgan fingerprint density at radius 1 is 1.17 bits per heavy atom.